The van der Waals surface area contributed by atoms with Crippen LogP contribution < -0.4 is 5.32 Å². The Morgan fingerprint density at radius 2 is 1.95 bits per heavy atom. The number of likely N-dealkylation sites (tertiary alicyclic amines) is 1. The first-order valence-corrected chi connectivity index (χ1v) is 8.31. The van der Waals surface area contributed by atoms with E-state index in [1.165, 1.54) is 25.9 Å². The Morgan fingerprint density at radius 1 is 1.30 bits per heavy atom. The first-order chi connectivity index (χ1) is 9.56. The highest BCUT2D eigenvalue weighted by Crippen LogP contribution is 2.19. The minimum Gasteiger partial charge on any atom is -0.394 e. The summed E-state index contributed by atoms with van der Waals surface area (Å²) in [6.45, 7) is 9.05. The largest absolute Gasteiger partial charge is 0.394 e. The second kappa shape index (κ2) is 8.98. The van der Waals surface area contributed by atoms with Crippen molar-refractivity contribution in [3.63, 3.8) is 0 Å². The van der Waals surface area contributed by atoms with Crippen LogP contribution in [0.5, 0.6) is 0 Å². The van der Waals surface area contributed by atoms with E-state index in [0.29, 0.717) is 0 Å². The van der Waals surface area contributed by atoms with Crippen LogP contribution in [0.4, 0.5) is 0 Å². The molecule has 0 saturated carbocycles. The Hall–Kier alpha value is -0.160. The van der Waals surface area contributed by atoms with Gasteiger partial charge in [0.25, 0.3) is 0 Å². The van der Waals surface area contributed by atoms with Gasteiger partial charge in [0.1, 0.15) is 0 Å². The van der Waals surface area contributed by atoms with Crippen LogP contribution in [0.15, 0.2) is 0 Å². The zero-order valence-corrected chi connectivity index (χ0v) is 14.0. The van der Waals surface area contributed by atoms with Crippen LogP contribution in [-0.4, -0.2) is 73.4 Å². The van der Waals surface area contributed by atoms with Crippen molar-refractivity contribution in [3.05, 3.63) is 0 Å². The Morgan fingerprint density at radius 3 is 2.45 bits per heavy atom. The van der Waals surface area contributed by atoms with E-state index in [9.17, 15) is 5.11 Å². The molecule has 1 unspecified atom stereocenters. The van der Waals surface area contributed by atoms with Crippen molar-refractivity contribution in [1.82, 2.24) is 15.1 Å². The van der Waals surface area contributed by atoms with E-state index < -0.39 is 0 Å². The molecule has 0 amide bonds. The van der Waals surface area contributed by atoms with E-state index in [-0.39, 0.29) is 12.1 Å². The van der Waals surface area contributed by atoms with E-state index in [1.54, 1.807) is 0 Å². The standard InChI is InChI=1S/C16H35N3O/c1-5-16(14-20,17-6-2)10-7-11-19(4)15-8-12-18(3)13-9-15/h15,17,20H,5-14H2,1-4H3. The summed E-state index contributed by atoms with van der Waals surface area (Å²) in [5, 5.41) is 13.1. The molecule has 2 N–H and O–H groups in total. The topological polar surface area (TPSA) is 38.7 Å². The Kier molecular flexibility index (Phi) is 8.03. The van der Waals surface area contributed by atoms with Crippen molar-refractivity contribution in [2.24, 2.45) is 0 Å². The minimum atomic E-state index is -0.0671. The second-order valence-electron chi connectivity index (χ2n) is 6.44. The molecule has 20 heavy (non-hydrogen) atoms. The molecule has 4 heteroatoms. The summed E-state index contributed by atoms with van der Waals surface area (Å²) in [5.74, 6) is 0. The number of hydrogen-bond acceptors (Lipinski definition) is 4. The molecule has 0 radical (unpaired) electrons. The monoisotopic (exact) mass is 285 g/mol. The van der Waals surface area contributed by atoms with E-state index in [1.807, 2.05) is 0 Å². The molecule has 0 aliphatic carbocycles. The Balaban J connectivity index is 2.31. The van der Waals surface area contributed by atoms with Crippen LogP contribution in [0, 0.1) is 0 Å². The summed E-state index contributed by atoms with van der Waals surface area (Å²) >= 11 is 0. The van der Waals surface area contributed by atoms with Crippen LogP contribution >= 0.6 is 0 Å². The maximum Gasteiger partial charge on any atom is 0.0613 e. The molecule has 0 bridgehead atoms. The summed E-state index contributed by atoms with van der Waals surface area (Å²) < 4.78 is 0. The van der Waals surface area contributed by atoms with Crippen molar-refractivity contribution in [3.8, 4) is 0 Å². The Bertz CT molecular complexity index is 248. The smallest absolute Gasteiger partial charge is 0.0613 e. The molecule has 0 spiro atoms. The first kappa shape index (κ1) is 17.9. The van der Waals surface area contributed by atoms with Gasteiger partial charge >= 0.3 is 0 Å². The SMILES string of the molecule is CCNC(CC)(CO)CCCN(C)C1CCN(C)CC1. The Labute approximate surface area is 125 Å². The fourth-order valence-electron chi connectivity index (χ4n) is 3.30. The van der Waals surface area contributed by atoms with Gasteiger partial charge in [-0.25, -0.2) is 0 Å². The van der Waals surface area contributed by atoms with Gasteiger partial charge in [-0.2, -0.15) is 0 Å². The summed E-state index contributed by atoms with van der Waals surface area (Å²) in [6, 6.07) is 0.746. The summed E-state index contributed by atoms with van der Waals surface area (Å²) in [5.41, 5.74) is -0.0671. The molecule has 1 saturated heterocycles. The molecule has 1 heterocycles. The number of hydrogen-bond donors (Lipinski definition) is 2. The highest BCUT2D eigenvalue weighted by Gasteiger charge is 2.26. The highest BCUT2D eigenvalue weighted by atomic mass is 16.3. The second-order valence-corrected chi connectivity index (χ2v) is 6.44. The molecule has 0 aromatic heterocycles. The average molecular weight is 285 g/mol. The molecule has 0 aromatic carbocycles. The molecular weight excluding hydrogens is 250 g/mol. The number of piperidine rings is 1. The predicted octanol–water partition coefficient (Wildman–Crippen LogP) is 1.54. The highest BCUT2D eigenvalue weighted by molar-refractivity contribution is 4.86. The molecule has 4 nitrogen and oxygen atoms in total. The first-order valence-electron chi connectivity index (χ1n) is 8.31. The van der Waals surface area contributed by atoms with E-state index in [0.717, 1.165) is 38.4 Å². The third-order valence-electron chi connectivity index (χ3n) is 5.01. The maximum atomic E-state index is 9.67. The average Bonchev–Trinajstić information content (AvgIpc) is 2.47. The fourth-order valence-corrected chi connectivity index (χ4v) is 3.30. The normalized spacial score (nSPS) is 21.3. The molecule has 1 aliphatic heterocycles. The van der Waals surface area contributed by atoms with Crippen LogP contribution in [0.2, 0.25) is 0 Å². The van der Waals surface area contributed by atoms with Gasteiger partial charge in [0.2, 0.25) is 0 Å². The van der Waals surface area contributed by atoms with Crippen molar-refractivity contribution >= 4 is 0 Å². The third kappa shape index (κ3) is 5.32. The number of nitrogens with zero attached hydrogens (tertiary/aromatic N) is 2. The van der Waals surface area contributed by atoms with E-state index in [4.69, 9.17) is 0 Å². The van der Waals surface area contributed by atoms with Gasteiger partial charge in [0, 0.05) is 11.6 Å². The van der Waals surface area contributed by atoms with Crippen molar-refractivity contribution in [2.75, 3.05) is 46.9 Å². The van der Waals surface area contributed by atoms with Crippen LogP contribution in [0.25, 0.3) is 0 Å². The number of aliphatic hydroxyl groups excluding tert-OH is 1. The van der Waals surface area contributed by atoms with Gasteiger partial charge in [0.15, 0.2) is 0 Å². The van der Waals surface area contributed by atoms with Gasteiger partial charge in [-0.3, -0.25) is 0 Å². The predicted molar refractivity (Wildman–Crippen MR) is 86.2 cm³/mol. The number of nitrogens with one attached hydrogen (secondary N) is 1. The summed E-state index contributed by atoms with van der Waals surface area (Å²) in [6.07, 6.45) is 5.79. The zero-order valence-electron chi connectivity index (χ0n) is 14.0. The van der Waals surface area contributed by atoms with Gasteiger partial charge in [-0.1, -0.05) is 13.8 Å². The molecular formula is C16H35N3O. The molecule has 120 valence electrons. The van der Waals surface area contributed by atoms with Crippen molar-refractivity contribution in [2.45, 2.75) is 57.5 Å². The van der Waals surface area contributed by atoms with Crippen LogP contribution in [-0.2, 0) is 0 Å². The minimum absolute atomic E-state index is 0.0671. The zero-order chi connectivity index (χ0) is 15.0. The van der Waals surface area contributed by atoms with E-state index >= 15 is 0 Å². The van der Waals surface area contributed by atoms with Gasteiger partial charge < -0.3 is 20.2 Å². The molecule has 1 fully saturated rings. The fraction of sp³-hybridized carbons (Fsp3) is 1.00. The maximum absolute atomic E-state index is 9.67. The van der Waals surface area contributed by atoms with Crippen molar-refractivity contribution in [1.29, 1.82) is 0 Å². The van der Waals surface area contributed by atoms with Gasteiger partial charge in [0.05, 0.1) is 6.61 Å². The number of rotatable bonds is 9. The van der Waals surface area contributed by atoms with Gasteiger partial charge in [-0.05, 0) is 72.4 Å². The number of aliphatic hydroxyl groups is 1. The molecule has 1 atom stereocenters. The lowest BCUT2D eigenvalue weighted by atomic mass is 9.91. The lowest BCUT2D eigenvalue weighted by molar-refractivity contribution is 0.122. The quantitative estimate of drug-likeness (QED) is 0.674. The molecule has 1 aliphatic rings. The third-order valence-corrected chi connectivity index (χ3v) is 5.01. The lowest BCUT2D eigenvalue weighted by Gasteiger charge is -2.36. The lowest BCUT2D eigenvalue weighted by Crippen LogP contribution is -2.48. The van der Waals surface area contributed by atoms with Crippen molar-refractivity contribution < 1.29 is 5.11 Å². The van der Waals surface area contributed by atoms with E-state index in [2.05, 4.69) is 43.1 Å². The van der Waals surface area contributed by atoms with Gasteiger partial charge in [-0.15, -0.1) is 0 Å². The summed E-state index contributed by atoms with van der Waals surface area (Å²) in [4.78, 5) is 4.94. The van der Waals surface area contributed by atoms with Crippen LogP contribution in [0.3, 0.4) is 0 Å². The number of likely N-dealkylation sites (N-methyl/N-ethyl adjacent to an activating group) is 1. The molecule has 1 rings (SSSR count). The summed E-state index contributed by atoms with van der Waals surface area (Å²) in [7, 11) is 4.47. The molecule has 0 aromatic rings. The van der Waals surface area contributed by atoms with Crippen LogP contribution in [0.1, 0.15) is 46.0 Å².